The molecule has 3 heteroatoms. The molecule has 0 saturated carbocycles. The molecule has 98 valence electrons. The number of rotatable bonds is 3. The van der Waals surface area contributed by atoms with Crippen LogP contribution in [0.5, 0.6) is 0 Å². The van der Waals surface area contributed by atoms with E-state index >= 15 is 0 Å². The Morgan fingerprint density at radius 3 is 2.84 bits per heavy atom. The first-order valence-electron chi connectivity index (χ1n) is 6.83. The number of hydrogen-bond donors (Lipinski definition) is 1. The molecular weight excluding hydrogens is 234 g/mol. The van der Waals surface area contributed by atoms with Gasteiger partial charge >= 0.3 is 0 Å². The van der Waals surface area contributed by atoms with E-state index < -0.39 is 0 Å². The van der Waals surface area contributed by atoms with Gasteiger partial charge in [0.05, 0.1) is 12.2 Å². The minimum atomic E-state index is 0.555. The number of anilines is 1. The highest BCUT2D eigenvalue weighted by atomic mass is 15.1. The lowest BCUT2D eigenvalue weighted by Gasteiger charge is -2.31. The van der Waals surface area contributed by atoms with E-state index in [1.54, 1.807) is 0 Å². The predicted molar refractivity (Wildman–Crippen MR) is 77.9 cm³/mol. The van der Waals surface area contributed by atoms with Crippen molar-refractivity contribution in [1.29, 1.82) is 0 Å². The summed E-state index contributed by atoms with van der Waals surface area (Å²) in [5.41, 5.74) is 10.6. The van der Waals surface area contributed by atoms with Crippen molar-refractivity contribution >= 4 is 5.69 Å². The number of benzene rings is 1. The van der Waals surface area contributed by atoms with Crippen molar-refractivity contribution in [1.82, 2.24) is 4.98 Å². The maximum Gasteiger partial charge on any atom is 0.0602 e. The molecule has 3 rings (SSSR count). The van der Waals surface area contributed by atoms with Crippen molar-refractivity contribution in [2.75, 3.05) is 11.4 Å². The summed E-state index contributed by atoms with van der Waals surface area (Å²) in [4.78, 5) is 6.91. The second kappa shape index (κ2) is 5.41. The monoisotopic (exact) mass is 253 g/mol. The van der Waals surface area contributed by atoms with E-state index in [1.165, 1.54) is 24.1 Å². The molecule has 0 atom stereocenters. The summed E-state index contributed by atoms with van der Waals surface area (Å²) >= 11 is 0. The fraction of sp³-hybridized carbons (Fsp3) is 0.312. The van der Waals surface area contributed by atoms with E-state index in [4.69, 9.17) is 5.73 Å². The van der Waals surface area contributed by atoms with E-state index in [2.05, 4.69) is 46.3 Å². The molecule has 0 amide bonds. The average molecular weight is 253 g/mol. The van der Waals surface area contributed by atoms with Gasteiger partial charge in [-0.25, -0.2) is 0 Å². The first kappa shape index (κ1) is 12.2. The molecule has 2 heterocycles. The second-order valence-electron chi connectivity index (χ2n) is 5.02. The van der Waals surface area contributed by atoms with E-state index in [0.29, 0.717) is 6.54 Å². The lowest BCUT2D eigenvalue weighted by atomic mass is 10.0. The molecule has 1 aromatic carbocycles. The van der Waals surface area contributed by atoms with Crippen molar-refractivity contribution in [3.8, 4) is 0 Å². The minimum absolute atomic E-state index is 0.555. The van der Waals surface area contributed by atoms with Gasteiger partial charge < -0.3 is 10.6 Å². The minimum Gasteiger partial charge on any atom is -0.365 e. The van der Waals surface area contributed by atoms with Crippen LogP contribution in [-0.2, 0) is 19.5 Å². The number of hydrogen-bond acceptors (Lipinski definition) is 3. The number of para-hydroxylation sites is 1. The van der Waals surface area contributed by atoms with Crippen LogP contribution >= 0.6 is 0 Å². The van der Waals surface area contributed by atoms with Crippen LogP contribution in [0.1, 0.15) is 23.2 Å². The van der Waals surface area contributed by atoms with Crippen molar-refractivity contribution in [3.05, 3.63) is 59.4 Å². The van der Waals surface area contributed by atoms with Crippen molar-refractivity contribution in [2.24, 2.45) is 5.73 Å². The fourth-order valence-corrected chi connectivity index (χ4v) is 2.64. The molecule has 2 aromatic rings. The van der Waals surface area contributed by atoms with Gasteiger partial charge in [0.15, 0.2) is 0 Å². The van der Waals surface area contributed by atoms with Crippen LogP contribution in [0, 0.1) is 0 Å². The van der Waals surface area contributed by atoms with Crippen molar-refractivity contribution in [2.45, 2.75) is 25.9 Å². The van der Waals surface area contributed by atoms with Gasteiger partial charge in [-0.1, -0.05) is 24.3 Å². The maximum absolute atomic E-state index is 5.60. The third-order valence-electron chi connectivity index (χ3n) is 3.68. The number of fused-ring (bicyclic) bond motifs is 1. The number of aryl methyl sites for hydroxylation is 1. The van der Waals surface area contributed by atoms with Gasteiger partial charge in [0.25, 0.3) is 0 Å². The SMILES string of the molecule is NCc1ccc(CN2CCCc3ccccc32)nc1. The van der Waals surface area contributed by atoms with E-state index in [0.717, 1.165) is 24.3 Å². The Bertz CT molecular complexity index is 548. The molecule has 1 aliphatic rings. The lowest BCUT2D eigenvalue weighted by Crippen LogP contribution is -2.29. The van der Waals surface area contributed by atoms with Crippen LogP contribution in [0.15, 0.2) is 42.6 Å². The summed E-state index contributed by atoms with van der Waals surface area (Å²) in [5.74, 6) is 0. The normalized spacial score (nSPS) is 14.3. The number of nitrogens with zero attached hydrogens (tertiary/aromatic N) is 2. The Morgan fingerprint density at radius 1 is 1.16 bits per heavy atom. The Kier molecular flexibility index (Phi) is 3.47. The van der Waals surface area contributed by atoms with E-state index in [1.807, 2.05) is 6.20 Å². The highest BCUT2D eigenvalue weighted by Gasteiger charge is 2.16. The van der Waals surface area contributed by atoms with Gasteiger partial charge in [-0.2, -0.15) is 0 Å². The molecule has 0 spiro atoms. The summed E-state index contributed by atoms with van der Waals surface area (Å²) in [6.45, 7) is 2.54. The van der Waals surface area contributed by atoms with Crippen LogP contribution < -0.4 is 10.6 Å². The summed E-state index contributed by atoms with van der Waals surface area (Å²) < 4.78 is 0. The summed E-state index contributed by atoms with van der Waals surface area (Å²) in [7, 11) is 0. The number of pyridine rings is 1. The Balaban J connectivity index is 1.80. The molecule has 1 aromatic heterocycles. The third-order valence-corrected chi connectivity index (χ3v) is 3.68. The zero-order chi connectivity index (χ0) is 13.1. The van der Waals surface area contributed by atoms with Gasteiger partial charge in [0.2, 0.25) is 0 Å². The molecule has 19 heavy (non-hydrogen) atoms. The first-order chi connectivity index (χ1) is 9.36. The first-order valence-corrected chi connectivity index (χ1v) is 6.83. The van der Waals surface area contributed by atoms with E-state index in [-0.39, 0.29) is 0 Å². The smallest absolute Gasteiger partial charge is 0.0602 e. The number of nitrogens with two attached hydrogens (primary N) is 1. The molecule has 0 aliphatic carbocycles. The third kappa shape index (κ3) is 2.61. The van der Waals surface area contributed by atoms with Crippen molar-refractivity contribution in [3.63, 3.8) is 0 Å². The molecule has 3 nitrogen and oxygen atoms in total. The molecule has 0 bridgehead atoms. The Morgan fingerprint density at radius 2 is 2.05 bits per heavy atom. The second-order valence-corrected chi connectivity index (χ2v) is 5.02. The zero-order valence-electron chi connectivity index (χ0n) is 11.0. The average Bonchev–Trinajstić information content (AvgIpc) is 2.48. The van der Waals surface area contributed by atoms with Crippen LogP contribution in [-0.4, -0.2) is 11.5 Å². The molecule has 0 fully saturated rings. The summed E-state index contributed by atoms with van der Waals surface area (Å²) in [5, 5.41) is 0. The Hall–Kier alpha value is -1.87. The lowest BCUT2D eigenvalue weighted by molar-refractivity contribution is 0.683. The zero-order valence-corrected chi connectivity index (χ0v) is 11.0. The predicted octanol–water partition coefficient (Wildman–Crippen LogP) is 2.49. The molecule has 1 aliphatic heterocycles. The summed E-state index contributed by atoms with van der Waals surface area (Å²) in [6, 6.07) is 12.8. The van der Waals surface area contributed by atoms with Gasteiger partial charge in [0, 0.05) is 25.0 Å². The van der Waals surface area contributed by atoms with Gasteiger partial charge in [0.1, 0.15) is 0 Å². The van der Waals surface area contributed by atoms with Gasteiger partial charge in [-0.15, -0.1) is 0 Å². The summed E-state index contributed by atoms with van der Waals surface area (Å²) in [6.07, 6.45) is 4.29. The highest BCUT2D eigenvalue weighted by Crippen LogP contribution is 2.27. The van der Waals surface area contributed by atoms with Crippen LogP contribution in [0.2, 0.25) is 0 Å². The molecular formula is C16H19N3. The van der Waals surface area contributed by atoms with Crippen LogP contribution in [0.3, 0.4) is 0 Å². The highest BCUT2D eigenvalue weighted by molar-refractivity contribution is 5.55. The van der Waals surface area contributed by atoms with Gasteiger partial charge in [-0.3, -0.25) is 4.98 Å². The quantitative estimate of drug-likeness (QED) is 0.913. The molecule has 0 saturated heterocycles. The standard InChI is InChI=1S/C16H19N3/c17-10-13-7-8-15(18-11-13)12-19-9-3-5-14-4-1-2-6-16(14)19/h1-2,4,6-8,11H,3,5,9-10,12,17H2. The molecule has 2 N–H and O–H groups in total. The maximum atomic E-state index is 5.60. The fourth-order valence-electron chi connectivity index (χ4n) is 2.64. The molecule has 0 unspecified atom stereocenters. The van der Waals surface area contributed by atoms with E-state index in [9.17, 15) is 0 Å². The van der Waals surface area contributed by atoms with Crippen molar-refractivity contribution < 1.29 is 0 Å². The Labute approximate surface area is 114 Å². The largest absolute Gasteiger partial charge is 0.365 e. The van der Waals surface area contributed by atoms with Crippen LogP contribution in [0.25, 0.3) is 0 Å². The molecule has 0 radical (unpaired) electrons. The topological polar surface area (TPSA) is 42.1 Å². The van der Waals surface area contributed by atoms with Gasteiger partial charge in [-0.05, 0) is 36.1 Å². The van der Waals surface area contributed by atoms with Crippen LogP contribution in [0.4, 0.5) is 5.69 Å². The number of aromatic nitrogens is 1.